The van der Waals surface area contributed by atoms with E-state index in [1.54, 1.807) is 0 Å². The molecule has 1 aliphatic rings. The molecular weight excluding hydrogens is 739 g/mol. The van der Waals surface area contributed by atoms with Crippen LogP contribution < -0.4 is 4.90 Å². The second-order valence-electron chi connectivity index (χ2n) is 16.2. The molecule has 0 fully saturated rings. The zero-order valence-corrected chi connectivity index (χ0v) is 34.0. The first kappa shape index (κ1) is 36.4. The number of para-hydroxylation sites is 1. The SMILES string of the molecule is CC1CC=CC=C1c1ccc(-c2ccc(N(c3ccc(-c4ccc5ccc6oc7ccccc7c6c5c4)cc3)c3cccc(-c4ccc(-c5ccccc5)cc4)c3)cc2)cc1. The maximum atomic E-state index is 6.25. The Bertz CT molecular complexity index is 3240. The van der Waals surface area contributed by atoms with Crippen LogP contribution in [-0.2, 0) is 0 Å². The first-order valence-corrected chi connectivity index (χ1v) is 21.2. The third-order valence-corrected chi connectivity index (χ3v) is 12.4. The Morgan fingerprint density at radius 3 is 1.61 bits per heavy atom. The number of furan rings is 1. The molecule has 61 heavy (non-hydrogen) atoms. The standard InChI is InChI=1S/C59H43NO/c1-40-10-5-6-15-54(40)47-24-22-43(23-25-47)44-28-33-51(34-29-44)60(53-14-9-13-49(38-53)45-20-18-42(19-21-45)41-11-3-2-4-12-41)52-35-30-46(31-36-52)50-27-26-48-32-37-58-59(56(48)39-50)55-16-7-8-17-57(55)61-58/h2-9,11-40H,10H2,1H3. The summed E-state index contributed by atoms with van der Waals surface area (Å²) in [5, 5.41) is 4.72. The Morgan fingerprint density at radius 1 is 0.410 bits per heavy atom. The van der Waals surface area contributed by atoms with Crippen molar-refractivity contribution < 1.29 is 4.42 Å². The van der Waals surface area contributed by atoms with Crippen molar-refractivity contribution >= 4 is 55.3 Å². The summed E-state index contributed by atoms with van der Waals surface area (Å²) < 4.78 is 6.25. The van der Waals surface area contributed by atoms with E-state index in [4.69, 9.17) is 4.42 Å². The molecule has 1 aromatic heterocycles. The van der Waals surface area contributed by atoms with Crippen LogP contribution in [0.2, 0.25) is 0 Å². The van der Waals surface area contributed by atoms with Crippen LogP contribution in [0.1, 0.15) is 18.9 Å². The third-order valence-electron chi connectivity index (χ3n) is 12.4. The molecule has 1 atom stereocenters. The molecule has 0 bridgehead atoms. The number of hydrogen-bond acceptors (Lipinski definition) is 2. The van der Waals surface area contributed by atoms with Gasteiger partial charge < -0.3 is 9.32 Å². The highest BCUT2D eigenvalue weighted by Gasteiger charge is 2.17. The van der Waals surface area contributed by atoms with E-state index in [0.717, 1.165) is 45.6 Å². The van der Waals surface area contributed by atoms with Gasteiger partial charge in [0.2, 0.25) is 0 Å². The van der Waals surface area contributed by atoms with Crippen molar-refractivity contribution in [2.75, 3.05) is 4.90 Å². The molecule has 0 radical (unpaired) electrons. The molecule has 10 aromatic rings. The number of benzene rings is 9. The number of allylic oxidation sites excluding steroid dienone is 4. The largest absolute Gasteiger partial charge is 0.456 e. The van der Waals surface area contributed by atoms with Crippen LogP contribution in [0.25, 0.3) is 82.8 Å². The summed E-state index contributed by atoms with van der Waals surface area (Å²) in [5.41, 5.74) is 17.3. The lowest BCUT2D eigenvalue weighted by molar-refractivity contribution is 0.669. The van der Waals surface area contributed by atoms with Crippen LogP contribution in [0.15, 0.2) is 229 Å². The Labute approximate surface area is 357 Å². The first-order chi connectivity index (χ1) is 30.1. The zero-order chi connectivity index (χ0) is 40.7. The molecule has 0 amide bonds. The molecular formula is C59H43NO. The van der Waals surface area contributed by atoms with Crippen molar-refractivity contribution in [1.82, 2.24) is 0 Å². The number of hydrogen-bond donors (Lipinski definition) is 0. The lowest BCUT2D eigenvalue weighted by Crippen LogP contribution is -2.10. The number of fused-ring (bicyclic) bond motifs is 5. The third kappa shape index (κ3) is 6.92. The van der Waals surface area contributed by atoms with E-state index in [2.05, 4.69) is 224 Å². The molecule has 1 aliphatic carbocycles. The molecule has 2 heteroatoms. The summed E-state index contributed by atoms with van der Waals surface area (Å²) in [6.07, 6.45) is 7.79. The van der Waals surface area contributed by atoms with Crippen molar-refractivity contribution in [2.24, 2.45) is 5.92 Å². The average Bonchev–Trinajstić information content (AvgIpc) is 3.72. The molecule has 0 spiro atoms. The van der Waals surface area contributed by atoms with Gasteiger partial charge in [0.25, 0.3) is 0 Å². The topological polar surface area (TPSA) is 16.4 Å². The van der Waals surface area contributed by atoms with Gasteiger partial charge in [0, 0.05) is 27.8 Å². The minimum absolute atomic E-state index is 0.531. The predicted octanol–water partition coefficient (Wildman–Crippen LogP) is 16.9. The van der Waals surface area contributed by atoms with Gasteiger partial charge in [0.1, 0.15) is 11.2 Å². The Kier molecular flexibility index (Phi) is 9.24. The van der Waals surface area contributed by atoms with Gasteiger partial charge in [-0.15, -0.1) is 0 Å². The molecule has 0 saturated carbocycles. The zero-order valence-electron chi connectivity index (χ0n) is 34.0. The number of anilines is 3. The Hall–Kier alpha value is -7.68. The Morgan fingerprint density at radius 2 is 0.934 bits per heavy atom. The van der Waals surface area contributed by atoms with E-state index >= 15 is 0 Å². The fourth-order valence-electron chi connectivity index (χ4n) is 9.07. The summed E-state index contributed by atoms with van der Waals surface area (Å²) >= 11 is 0. The number of rotatable bonds is 8. The molecule has 0 saturated heterocycles. The summed E-state index contributed by atoms with van der Waals surface area (Å²) in [6.45, 7) is 2.31. The fraction of sp³-hybridized carbons (Fsp3) is 0.0508. The van der Waals surface area contributed by atoms with Crippen molar-refractivity contribution in [1.29, 1.82) is 0 Å². The highest BCUT2D eigenvalue weighted by molar-refractivity contribution is 6.19. The molecule has 2 nitrogen and oxygen atoms in total. The van der Waals surface area contributed by atoms with Gasteiger partial charge >= 0.3 is 0 Å². The monoisotopic (exact) mass is 781 g/mol. The normalized spacial score (nSPS) is 13.8. The maximum Gasteiger partial charge on any atom is 0.136 e. The smallest absolute Gasteiger partial charge is 0.136 e. The first-order valence-electron chi connectivity index (χ1n) is 21.2. The van der Waals surface area contributed by atoms with E-state index < -0.39 is 0 Å². The van der Waals surface area contributed by atoms with Crippen LogP contribution in [0.4, 0.5) is 17.1 Å². The second-order valence-corrected chi connectivity index (χ2v) is 16.2. The van der Waals surface area contributed by atoms with E-state index in [1.165, 1.54) is 66.2 Å². The lowest BCUT2D eigenvalue weighted by Gasteiger charge is -2.26. The van der Waals surface area contributed by atoms with Crippen LogP contribution >= 0.6 is 0 Å². The van der Waals surface area contributed by atoms with E-state index in [0.29, 0.717) is 5.92 Å². The summed E-state index contributed by atoms with van der Waals surface area (Å²) in [5.74, 6) is 0.531. The van der Waals surface area contributed by atoms with Gasteiger partial charge in [-0.2, -0.15) is 0 Å². The summed E-state index contributed by atoms with van der Waals surface area (Å²) in [6, 6.07) is 74.7. The molecule has 1 heterocycles. The average molecular weight is 782 g/mol. The van der Waals surface area contributed by atoms with Crippen LogP contribution in [0.3, 0.4) is 0 Å². The fourth-order valence-corrected chi connectivity index (χ4v) is 9.07. The molecule has 0 N–H and O–H groups in total. The summed E-state index contributed by atoms with van der Waals surface area (Å²) in [7, 11) is 0. The minimum Gasteiger partial charge on any atom is -0.456 e. The molecule has 11 rings (SSSR count). The van der Waals surface area contributed by atoms with Crippen molar-refractivity contribution in [2.45, 2.75) is 13.3 Å². The van der Waals surface area contributed by atoms with Crippen molar-refractivity contribution in [3.63, 3.8) is 0 Å². The van der Waals surface area contributed by atoms with Gasteiger partial charge in [-0.3, -0.25) is 0 Å². The second kappa shape index (κ2) is 15.5. The van der Waals surface area contributed by atoms with Gasteiger partial charge in [-0.05, 0) is 133 Å². The molecule has 1 unspecified atom stereocenters. The van der Waals surface area contributed by atoms with Crippen molar-refractivity contribution in [3.05, 3.63) is 230 Å². The van der Waals surface area contributed by atoms with Gasteiger partial charge in [0.15, 0.2) is 0 Å². The van der Waals surface area contributed by atoms with E-state index in [1.807, 2.05) is 12.1 Å². The quantitative estimate of drug-likeness (QED) is 0.153. The van der Waals surface area contributed by atoms with Crippen molar-refractivity contribution in [3.8, 4) is 44.5 Å². The highest BCUT2D eigenvalue weighted by atomic mass is 16.3. The van der Waals surface area contributed by atoms with Gasteiger partial charge in [-0.1, -0.05) is 177 Å². The van der Waals surface area contributed by atoms with Crippen LogP contribution in [0.5, 0.6) is 0 Å². The lowest BCUT2D eigenvalue weighted by atomic mass is 9.87. The summed E-state index contributed by atoms with van der Waals surface area (Å²) in [4.78, 5) is 2.37. The molecule has 0 aliphatic heterocycles. The van der Waals surface area contributed by atoms with Crippen LogP contribution in [-0.4, -0.2) is 0 Å². The predicted molar refractivity (Wildman–Crippen MR) is 259 cm³/mol. The number of nitrogens with zero attached hydrogens (tertiary/aromatic N) is 1. The molecule has 290 valence electrons. The highest BCUT2D eigenvalue weighted by Crippen LogP contribution is 2.41. The minimum atomic E-state index is 0.531. The van der Waals surface area contributed by atoms with Crippen LogP contribution in [0, 0.1) is 5.92 Å². The van der Waals surface area contributed by atoms with E-state index in [9.17, 15) is 0 Å². The van der Waals surface area contributed by atoms with Gasteiger partial charge in [-0.25, -0.2) is 0 Å². The maximum absolute atomic E-state index is 6.25. The van der Waals surface area contributed by atoms with E-state index in [-0.39, 0.29) is 0 Å². The molecule has 9 aromatic carbocycles. The van der Waals surface area contributed by atoms with Gasteiger partial charge in [0.05, 0.1) is 0 Å². The Balaban J connectivity index is 0.955.